The molecule has 0 bridgehead atoms. The molecule has 0 saturated carbocycles. The zero-order valence-corrected chi connectivity index (χ0v) is 10.5. The molecule has 6 heteroatoms. The molecule has 2 N–H and O–H groups in total. The maximum absolute atomic E-state index is 11.6. The topological polar surface area (TPSA) is 97.0 Å². The van der Waals surface area contributed by atoms with Gasteiger partial charge in [0.2, 0.25) is 5.43 Å². The lowest BCUT2D eigenvalue weighted by molar-refractivity contribution is -0.140. The maximum Gasteiger partial charge on any atom is 0.342 e. The van der Waals surface area contributed by atoms with Crippen LogP contribution in [0.15, 0.2) is 45.0 Å². The average molecular weight is 266 g/mol. The summed E-state index contributed by atoms with van der Waals surface area (Å²) in [7, 11) is 0. The minimum atomic E-state index is -0.742. The van der Waals surface area contributed by atoms with Gasteiger partial charge in [-0.05, 0) is 19.9 Å². The molecule has 0 aromatic carbocycles. The fraction of sp³-hybridized carbons (Fsp3) is 0.231. The van der Waals surface area contributed by atoms with Gasteiger partial charge in [-0.25, -0.2) is 4.79 Å². The normalized spacial score (nSPS) is 12.3. The van der Waals surface area contributed by atoms with E-state index in [0.29, 0.717) is 0 Å². The van der Waals surface area contributed by atoms with Crippen molar-refractivity contribution in [2.75, 3.05) is 0 Å². The van der Waals surface area contributed by atoms with Crippen LogP contribution in [-0.4, -0.2) is 16.2 Å². The molecule has 1 rings (SSSR count). The number of hydrogen-bond donors (Lipinski definition) is 2. The predicted octanol–water partition coefficient (Wildman–Crippen LogP) is 1.80. The van der Waals surface area contributed by atoms with Gasteiger partial charge in [0.05, 0.1) is 5.57 Å². The van der Waals surface area contributed by atoms with Gasteiger partial charge in [0.1, 0.15) is 24.4 Å². The van der Waals surface area contributed by atoms with Crippen LogP contribution in [0.25, 0.3) is 0 Å². The van der Waals surface area contributed by atoms with E-state index in [0.717, 1.165) is 12.3 Å². The van der Waals surface area contributed by atoms with Gasteiger partial charge in [-0.15, -0.1) is 0 Å². The number of hydrogen-bond acceptors (Lipinski definition) is 6. The number of esters is 1. The zero-order chi connectivity index (χ0) is 14.4. The summed E-state index contributed by atoms with van der Waals surface area (Å²) in [5.41, 5.74) is -0.608. The third-order valence-electron chi connectivity index (χ3n) is 2.27. The Hall–Kier alpha value is -2.50. The molecule has 1 heterocycles. The Morgan fingerprint density at radius 3 is 2.63 bits per heavy atom. The highest BCUT2D eigenvalue weighted by atomic mass is 16.5. The molecule has 0 saturated heterocycles. The van der Waals surface area contributed by atoms with Crippen LogP contribution in [0.5, 0.6) is 5.75 Å². The standard InChI is InChI=1S/C13H14O6/c1-3-9(10(14)4-2)13(17)19-6-8-5-11(15)12(16)7-18-8/h3-5,7,14,16H,6H2,1-2H3/b9-3+,10-4+. The van der Waals surface area contributed by atoms with Crippen molar-refractivity contribution in [3.05, 3.63) is 51.8 Å². The molecule has 0 aliphatic rings. The van der Waals surface area contributed by atoms with E-state index < -0.39 is 17.1 Å². The molecular formula is C13H14O6. The van der Waals surface area contributed by atoms with Crippen molar-refractivity contribution in [2.24, 2.45) is 0 Å². The lowest BCUT2D eigenvalue weighted by Gasteiger charge is -2.06. The van der Waals surface area contributed by atoms with Gasteiger partial charge in [0.15, 0.2) is 5.75 Å². The van der Waals surface area contributed by atoms with Crippen LogP contribution in [0.3, 0.4) is 0 Å². The van der Waals surface area contributed by atoms with Crippen molar-refractivity contribution in [3.8, 4) is 5.75 Å². The van der Waals surface area contributed by atoms with E-state index in [1.165, 1.54) is 12.2 Å². The first kappa shape index (κ1) is 14.6. The quantitative estimate of drug-likeness (QED) is 0.373. The summed E-state index contributed by atoms with van der Waals surface area (Å²) in [5.74, 6) is -1.36. The molecule has 0 fully saturated rings. The average Bonchev–Trinajstić information content (AvgIpc) is 2.40. The number of aliphatic hydroxyl groups excluding tert-OH is 1. The van der Waals surface area contributed by atoms with Crippen molar-refractivity contribution >= 4 is 5.97 Å². The molecule has 6 nitrogen and oxygen atoms in total. The molecular weight excluding hydrogens is 252 g/mol. The van der Waals surface area contributed by atoms with Crippen LogP contribution in [0.1, 0.15) is 19.6 Å². The SMILES string of the molecule is C/C=C(O)\C(=C/C)C(=O)OCc1cc(=O)c(O)co1. The Bertz CT molecular complexity index is 579. The molecule has 0 spiro atoms. The largest absolute Gasteiger partial charge is 0.507 e. The van der Waals surface area contributed by atoms with Gasteiger partial charge in [0.25, 0.3) is 0 Å². The van der Waals surface area contributed by atoms with E-state index in [-0.39, 0.29) is 23.7 Å². The Kier molecular flexibility index (Phi) is 4.93. The van der Waals surface area contributed by atoms with Crippen molar-refractivity contribution in [3.63, 3.8) is 0 Å². The second-order valence-electron chi connectivity index (χ2n) is 3.55. The monoisotopic (exact) mass is 266 g/mol. The van der Waals surface area contributed by atoms with E-state index in [4.69, 9.17) is 14.3 Å². The highest BCUT2D eigenvalue weighted by Crippen LogP contribution is 2.11. The summed E-state index contributed by atoms with van der Waals surface area (Å²) in [4.78, 5) is 22.8. The molecule has 1 aromatic rings. The van der Waals surface area contributed by atoms with Crippen LogP contribution in [-0.2, 0) is 16.1 Å². The molecule has 1 aromatic heterocycles. The van der Waals surface area contributed by atoms with Crippen LogP contribution >= 0.6 is 0 Å². The third kappa shape index (κ3) is 3.74. The maximum atomic E-state index is 11.6. The van der Waals surface area contributed by atoms with Crippen molar-refractivity contribution in [1.29, 1.82) is 0 Å². The molecule has 0 aliphatic heterocycles. The molecule has 19 heavy (non-hydrogen) atoms. The fourth-order valence-corrected chi connectivity index (χ4v) is 1.26. The Balaban J connectivity index is 2.74. The van der Waals surface area contributed by atoms with Gasteiger partial charge in [0, 0.05) is 6.07 Å². The van der Waals surface area contributed by atoms with Crippen LogP contribution in [0.4, 0.5) is 0 Å². The zero-order valence-electron chi connectivity index (χ0n) is 10.5. The molecule has 0 radical (unpaired) electrons. The summed E-state index contributed by atoms with van der Waals surface area (Å²) in [6.07, 6.45) is 3.63. The van der Waals surface area contributed by atoms with Gasteiger partial charge < -0.3 is 19.4 Å². The minimum Gasteiger partial charge on any atom is -0.507 e. The first-order valence-electron chi connectivity index (χ1n) is 5.49. The number of aliphatic hydroxyl groups is 1. The van der Waals surface area contributed by atoms with Crippen molar-refractivity contribution < 1.29 is 24.2 Å². The lowest BCUT2D eigenvalue weighted by Crippen LogP contribution is -2.10. The molecule has 0 amide bonds. The van der Waals surface area contributed by atoms with Crippen molar-refractivity contribution in [1.82, 2.24) is 0 Å². The fourth-order valence-electron chi connectivity index (χ4n) is 1.26. The van der Waals surface area contributed by atoms with Crippen molar-refractivity contribution in [2.45, 2.75) is 20.5 Å². The highest BCUT2D eigenvalue weighted by molar-refractivity contribution is 5.92. The summed E-state index contributed by atoms with van der Waals surface area (Å²) in [5, 5.41) is 18.4. The van der Waals surface area contributed by atoms with Crippen LogP contribution in [0.2, 0.25) is 0 Å². The first-order valence-corrected chi connectivity index (χ1v) is 5.49. The third-order valence-corrected chi connectivity index (χ3v) is 2.27. The van der Waals surface area contributed by atoms with Crippen LogP contribution in [0, 0.1) is 0 Å². The molecule has 0 aliphatic carbocycles. The minimum absolute atomic E-state index is 0.0172. The number of carbonyl (C=O) groups is 1. The smallest absolute Gasteiger partial charge is 0.342 e. The van der Waals surface area contributed by atoms with Gasteiger partial charge in [-0.3, -0.25) is 4.79 Å². The lowest BCUT2D eigenvalue weighted by atomic mass is 10.2. The molecule has 0 unspecified atom stereocenters. The second-order valence-corrected chi connectivity index (χ2v) is 3.55. The predicted molar refractivity (Wildman–Crippen MR) is 66.6 cm³/mol. The van der Waals surface area contributed by atoms with E-state index in [1.54, 1.807) is 13.8 Å². The molecule has 102 valence electrons. The summed E-state index contributed by atoms with van der Waals surface area (Å²) in [6, 6.07) is 1.02. The Morgan fingerprint density at radius 2 is 2.11 bits per heavy atom. The Morgan fingerprint density at radius 1 is 1.42 bits per heavy atom. The van der Waals surface area contributed by atoms with E-state index in [9.17, 15) is 14.7 Å². The molecule has 0 atom stereocenters. The first-order chi connectivity index (χ1) is 8.99. The number of aromatic hydroxyl groups is 1. The van der Waals surface area contributed by atoms with Gasteiger partial charge in [-0.1, -0.05) is 6.08 Å². The van der Waals surface area contributed by atoms with Gasteiger partial charge >= 0.3 is 5.97 Å². The highest BCUT2D eigenvalue weighted by Gasteiger charge is 2.14. The summed E-state index contributed by atoms with van der Waals surface area (Å²) in [6.45, 7) is 2.88. The summed E-state index contributed by atoms with van der Waals surface area (Å²) < 4.78 is 9.74. The number of carbonyl (C=O) groups excluding carboxylic acids is 1. The number of allylic oxidation sites excluding steroid dienone is 2. The van der Waals surface area contributed by atoms with E-state index >= 15 is 0 Å². The Labute approximate surface area is 109 Å². The summed E-state index contributed by atoms with van der Waals surface area (Å²) >= 11 is 0. The number of ether oxygens (including phenoxy) is 1. The van der Waals surface area contributed by atoms with E-state index in [1.807, 2.05) is 0 Å². The number of rotatable bonds is 4. The van der Waals surface area contributed by atoms with E-state index in [2.05, 4.69) is 0 Å². The van der Waals surface area contributed by atoms with Crippen LogP contribution < -0.4 is 5.43 Å². The van der Waals surface area contributed by atoms with Gasteiger partial charge in [-0.2, -0.15) is 0 Å². The second kappa shape index (κ2) is 6.44.